The Balaban J connectivity index is 1.59. The van der Waals surface area contributed by atoms with Crippen molar-refractivity contribution in [3.05, 3.63) is 70.2 Å². The summed E-state index contributed by atoms with van der Waals surface area (Å²) < 4.78 is 0. The number of rotatable bonds is 4. The lowest BCUT2D eigenvalue weighted by atomic mass is 10.1. The largest absolute Gasteiger partial charge is 0.352 e. The van der Waals surface area contributed by atoms with Gasteiger partial charge in [-0.25, -0.2) is 0 Å². The molecule has 2 nitrogen and oxygen atoms in total. The summed E-state index contributed by atoms with van der Waals surface area (Å²) >= 11 is 6.19. The SMILES string of the molecule is Cc1ccccc1CNC(=O)C1CC1c1ccccc1Cl. The molecule has 0 bridgehead atoms. The van der Waals surface area contributed by atoms with Gasteiger partial charge in [0.25, 0.3) is 0 Å². The molecule has 3 heteroatoms. The maximum Gasteiger partial charge on any atom is 0.224 e. The summed E-state index contributed by atoms with van der Waals surface area (Å²) in [5.41, 5.74) is 3.47. The van der Waals surface area contributed by atoms with E-state index in [0.717, 1.165) is 17.0 Å². The van der Waals surface area contributed by atoms with E-state index in [0.29, 0.717) is 6.54 Å². The van der Waals surface area contributed by atoms with Gasteiger partial charge in [-0.15, -0.1) is 0 Å². The van der Waals surface area contributed by atoms with Crippen molar-refractivity contribution in [3.8, 4) is 0 Å². The van der Waals surface area contributed by atoms with Crippen LogP contribution in [0.4, 0.5) is 0 Å². The zero-order valence-corrected chi connectivity index (χ0v) is 12.7. The highest BCUT2D eigenvalue weighted by molar-refractivity contribution is 6.31. The van der Waals surface area contributed by atoms with E-state index in [1.807, 2.05) is 42.5 Å². The van der Waals surface area contributed by atoms with Crippen LogP contribution < -0.4 is 5.32 Å². The van der Waals surface area contributed by atoms with E-state index in [-0.39, 0.29) is 17.7 Å². The van der Waals surface area contributed by atoms with Crippen LogP contribution in [0.1, 0.15) is 29.0 Å². The monoisotopic (exact) mass is 299 g/mol. The van der Waals surface area contributed by atoms with Crippen molar-refractivity contribution >= 4 is 17.5 Å². The lowest BCUT2D eigenvalue weighted by molar-refractivity contribution is -0.122. The van der Waals surface area contributed by atoms with Gasteiger partial charge >= 0.3 is 0 Å². The minimum absolute atomic E-state index is 0.0638. The van der Waals surface area contributed by atoms with E-state index in [9.17, 15) is 4.79 Å². The Morgan fingerprint density at radius 1 is 1.19 bits per heavy atom. The van der Waals surface area contributed by atoms with Crippen LogP contribution in [-0.2, 0) is 11.3 Å². The molecule has 0 spiro atoms. The second kappa shape index (κ2) is 5.90. The van der Waals surface area contributed by atoms with E-state index < -0.39 is 0 Å². The molecule has 1 saturated carbocycles. The van der Waals surface area contributed by atoms with Crippen molar-refractivity contribution in [2.75, 3.05) is 0 Å². The molecule has 21 heavy (non-hydrogen) atoms. The van der Waals surface area contributed by atoms with Crippen molar-refractivity contribution in [1.29, 1.82) is 0 Å². The molecule has 1 amide bonds. The Bertz CT molecular complexity index is 668. The second-order valence-electron chi connectivity index (χ2n) is 5.61. The zero-order chi connectivity index (χ0) is 14.8. The molecule has 1 fully saturated rings. The third kappa shape index (κ3) is 3.11. The second-order valence-corrected chi connectivity index (χ2v) is 6.02. The Morgan fingerprint density at radius 3 is 2.67 bits per heavy atom. The van der Waals surface area contributed by atoms with Crippen LogP contribution >= 0.6 is 11.6 Å². The summed E-state index contributed by atoms with van der Waals surface area (Å²) in [6.07, 6.45) is 0.892. The molecule has 108 valence electrons. The van der Waals surface area contributed by atoms with Crippen molar-refractivity contribution in [1.82, 2.24) is 5.32 Å². The number of hydrogen-bond donors (Lipinski definition) is 1. The average Bonchev–Trinajstić information content (AvgIpc) is 3.27. The van der Waals surface area contributed by atoms with Crippen LogP contribution in [0.3, 0.4) is 0 Å². The normalized spacial score (nSPS) is 20.1. The molecule has 2 atom stereocenters. The molecule has 2 unspecified atom stereocenters. The third-order valence-corrected chi connectivity index (χ3v) is 4.49. The number of aryl methyl sites for hydroxylation is 1. The Kier molecular flexibility index (Phi) is 3.98. The van der Waals surface area contributed by atoms with Crippen LogP contribution in [-0.4, -0.2) is 5.91 Å². The number of hydrogen-bond acceptors (Lipinski definition) is 1. The number of carbonyl (C=O) groups is 1. The molecule has 2 aromatic rings. The predicted molar refractivity (Wildman–Crippen MR) is 85.3 cm³/mol. The summed E-state index contributed by atoms with van der Waals surface area (Å²) in [4.78, 5) is 12.2. The fraction of sp³-hybridized carbons (Fsp3) is 0.278. The lowest BCUT2D eigenvalue weighted by Crippen LogP contribution is -2.25. The molecular formula is C18H18ClNO. The van der Waals surface area contributed by atoms with E-state index in [1.165, 1.54) is 11.1 Å². The third-order valence-electron chi connectivity index (χ3n) is 4.15. The minimum atomic E-state index is 0.0638. The van der Waals surface area contributed by atoms with Gasteiger partial charge in [0.1, 0.15) is 0 Å². The van der Waals surface area contributed by atoms with Gasteiger partial charge in [-0.1, -0.05) is 54.1 Å². The number of benzene rings is 2. The Hall–Kier alpha value is -1.80. The first kappa shape index (κ1) is 14.2. The van der Waals surface area contributed by atoms with Crippen molar-refractivity contribution in [2.24, 2.45) is 5.92 Å². The minimum Gasteiger partial charge on any atom is -0.352 e. The van der Waals surface area contributed by atoms with Crippen LogP contribution in [0.5, 0.6) is 0 Å². The van der Waals surface area contributed by atoms with Gasteiger partial charge in [-0.05, 0) is 42.0 Å². The molecule has 0 saturated heterocycles. The fourth-order valence-corrected chi connectivity index (χ4v) is 3.00. The highest BCUT2D eigenvalue weighted by atomic mass is 35.5. The Morgan fingerprint density at radius 2 is 1.90 bits per heavy atom. The molecule has 0 radical (unpaired) electrons. The molecule has 2 aromatic carbocycles. The molecule has 1 aliphatic carbocycles. The van der Waals surface area contributed by atoms with E-state index in [4.69, 9.17) is 11.6 Å². The first-order valence-corrected chi connectivity index (χ1v) is 7.61. The molecule has 0 heterocycles. The van der Waals surface area contributed by atoms with Crippen molar-refractivity contribution < 1.29 is 4.79 Å². The van der Waals surface area contributed by atoms with Gasteiger partial charge in [-0.2, -0.15) is 0 Å². The van der Waals surface area contributed by atoms with E-state index in [1.54, 1.807) is 0 Å². The van der Waals surface area contributed by atoms with E-state index in [2.05, 4.69) is 18.3 Å². The highest BCUT2D eigenvalue weighted by Crippen LogP contribution is 2.49. The maximum atomic E-state index is 12.2. The zero-order valence-electron chi connectivity index (χ0n) is 12.0. The summed E-state index contributed by atoms with van der Waals surface area (Å²) in [6, 6.07) is 15.9. The summed E-state index contributed by atoms with van der Waals surface area (Å²) in [5, 5.41) is 3.80. The topological polar surface area (TPSA) is 29.1 Å². The molecular weight excluding hydrogens is 282 g/mol. The predicted octanol–water partition coefficient (Wildman–Crippen LogP) is 4.07. The maximum absolute atomic E-state index is 12.2. The standard InChI is InChI=1S/C18H18ClNO/c1-12-6-2-3-7-13(12)11-20-18(21)16-10-15(16)14-8-4-5-9-17(14)19/h2-9,15-16H,10-11H2,1H3,(H,20,21). The smallest absolute Gasteiger partial charge is 0.224 e. The van der Waals surface area contributed by atoms with Gasteiger partial charge in [0.2, 0.25) is 5.91 Å². The van der Waals surface area contributed by atoms with Gasteiger partial charge < -0.3 is 5.32 Å². The first-order chi connectivity index (χ1) is 10.2. The van der Waals surface area contributed by atoms with Crippen LogP contribution in [0.25, 0.3) is 0 Å². The van der Waals surface area contributed by atoms with Gasteiger partial charge in [0.15, 0.2) is 0 Å². The molecule has 3 rings (SSSR count). The Labute approximate surface area is 130 Å². The summed E-state index contributed by atoms with van der Waals surface area (Å²) in [7, 11) is 0. The molecule has 0 aliphatic heterocycles. The number of halogens is 1. The molecule has 0 aromatic heterocycles. The first-order valence-electron chi connectivity index (χ1n) is 7.23. The quantitative estimate of drug-likeness (QED) is 0.906. The van der Waals surface area contributed by atoms with Crippen LogP contribution in [0.15, 0.2) is 48.5 Å². The molecule has 1 aliphatic rings. The van der Waals surface area contributed by atoms with Crippen molar-refractivity contribution in [3.63, 3.8) is 0 Å². The van der Waals surface area contributed by atoms with Gasteiger partial charge in [0.05, 0.1) is 0 Å². The fourth-order valence-electron chi connectivity index (χ4n) is 2.73. The number of amides is 1. The molecule has 1 N–H and O–H groups in total. The van der Waals surface area contributed by atoms with Crippen LogP contribution in [0, 0.1) is 12.8 Å². The average molecular weight is 300 g/mol. The van der Waals surface area contributed by atoms with E-state index >= 15 is 0 Å². The number of nitrogens with one attached hydrogen (secondary N) is 1. The lowest BCUT2D eigenvalue weighted by Gasteiger charge is -2.08. The highest BCUT2D eigenvalue weighted by Gasteiger charge is 2.44. The number of carbonyl (C=O) groups excluding carboxylic acids is 1. The van der Waals surface area contributed by atoms with Crippen LogP contribution in [0.2, 0.25) is 5.02 Å². The van der Waals surface area contributed by atoms with Crippen molar-refractivity contribution in [2.45, 2.75) is 25.8 Å². The van der Waals surface area contributed by atoms with Gasteiger partial charge in [0, 0.05) is 17.5 Å². The van der Waals surface area contributed by atoms with Gasteiger partial charge in [-0.3, -0.25) is 4.79 Å². The summed E-state index contributed by atoms with van der Waals surface area (Å²) in [6.45, 7) is 2.66. The summed E-state index contributed by atoms with van der Waals surface area (Å²) in [5.74, 6) is 0.465.